The van der Waals surface area contributed by atoms with Crippen LogP contribution in [0.4, 0.5) is 5.00 Å². The van der Waals surface area contributed by atoms with Crippen LogP contribution in [0.5, 0.6) is 0 Å². The average Bonchev–Trinajstić information content (AvgIpc) is 3.42. The molecular formula is C19H23N5O4S. The Morgan fingerprint density at radius 1 is 1.17 bits per heavy atom. The number of thiophene rings is 1. The zero-order valence-electron chi connectivity index (χ0n) is 16.4. The molecule has 10 heteroatoms. The molecule has 1 aliphatic heterocycles. The van der Waals surface area contributed by atoms with Crippen LogP contribution in [0.2, 0.25) is 0 Å². The van der Waals surface area contributed by atoms with E-state index in [-0.39, 0.29) is 6.61 Å². The van der Waals surface area contributed by atoms with Gasteiger partial charge in [-0.1, -0.05) is 0 Å². The molecule has 0 radical (unpaired) electrons. The first-order valence-corrected chi connectivity index (χ1v) is 10.7. The normalized spacial score (nSPS) is 15.5. The van der Waals surface area contributed by atoms with E-state index < -0.39 is 23.8 Å². The van der Waals surface area contributed by atoms with Crippen molar-refractivity contribution in [2.45, 2.75) is 58.5 Å². The van der Waals surface area contributed by atoms with Crippen molar-refractivity contribution in [2.75, 3.05) is 11.9 Å². The summed E-state index contributed by atoms with van der Waals surface area (Å²) in [5.74, 6) is -0.520. The third-order valence-corrected chi connectivity index (χ3v) is 6.41. The number of rotatable bonds is 5. The quantitative estimate of drug-likeness (QED) is 0.566. The summed E-state index contributed by atoms with van der Waals surface area (Å²) in [6.07, 6.45) is 4.48. The van der Waals surface area contributed by atoms with Crippen LogP contribution in [-0.4, -0.2) is 39.2 Å². The topological polar surface area (TPSA) is 115 Å². The Hall–Kier alpha value is -2.75. The molecule has 2 amide bonds. The van der Waals surface area contributed by atoms with Gasteiger partial charge < -0.3 is 19.9 Å². The largest absolute Gasteiger partial charge is 0.462 e. The average molecular weight is 417 g/mol. The van der Waals surface area contributed by atoms with Gasteiger partial charge >= 0.3 is 17.8 Å². The molecule has 0 fully saturated rings. The minimum Gasteiger partial charge on any atom is -0.462 e. The zero-order chi connectivity index (χ0) is 20.5. The van der Waals surface area contributed by atoms with Crippen LogP contribution in [0, 0.1) is 0 Å². The van der Waals surface area contributed by atoms with Crippen molar-refractivity contribution in [3.63, 3.8) is 0 Å². The number of esters is 1. The number of aryl methyl sites for hydroxylation is 2. The third-order valence-electron chi connectivity index (χ3n) is 5.21. The number of carbonyl (C=O) groups excluding carboxylic acids is 3. The molecule has 9 nitrogen and oxygen atoms in total. The first-order chi connectivity index (χ1) is 14.0. The van der Waals surface area contributed by atoms with Gasteiger partial charge in [-0.05, 0) is 45.1 Å². The van der Waals surface area contributed by atoms with Gasteiger partial charge in [0.2, 0.25) is 0 Å². The summed E-state index contributed by atoms with van der Waals surface area (Å²) >= 11 is 1.34. The van der Waals surface area contributed by atoms with Gasteiger partial charge in [-0.3, -0.25) is 9.59 Å². The number of carbonyl (C=O) groups is 3. The summed E-state index contributed by atoms with van der Waals surface area (Å²) in [6.45, 7) is 4.56. The first kappa shape index (κ1) is 19.6. The molecule has 2 aliphatic rings. The van der Waals surface area contributed by atoms with Gasteiger partial charge in [-0.15, -0.1) is 21.5 Å². The van der Waals surface area contributed by atoms with Crippen molar-refractivity contribution in [1.29, 1.82) is 0 Å². The molecule has 0 spiro atoms. The summed E-state index contributed by atoms with van der Waals surface area (Å²) in [5.41, 5.74) is 1.31. The van der Waals surface area contributed by atoms with E-state index in [2.05, 4.69) is 20.8 Å². The number of amides is 2. The van der Waals surface area contributed by atoms with Crippen LogP contribution >= 0.6 is 11.3 Å². The van der Waals surface area contributed by atoms with Crippen molar-refractivity contribution in [1.82, 2.24) is 20.1 Å². The standard InChI is InChI=1S/C19H23N5O4S/c1-3-28-19(27)14-11-6-4-7-12(11)29-18(14)21-17(26)16(25)20-10(2)15-23-22-13-8-5-9-24(13)15/h10H,3-9H2,1-2H3,(H,20,25)(H,21,26). The number of anilines is 1. The molecule has 1 atom stereocenters. The summed E-state index contributed by atoms with van der Waals surface area (Å²) < 4.78 is 7.13. The lowest BCUT2D eigenvalue weighted by Crippen LogP contribution is -2.37. The van der Waals surface area contributed by atoms with Crippen molar-refractivity contribution in [3.05, 3.63) is 27.7 Å². The molecule has 0 bridgehead atoms. The van der Waals surface area contributed by atoms with Crippen molar-refractivity contribution in [2.24, 2.45) is 0 Å². The molecule has 29 heavy (non-hydrogen) atoms. The van der Waals surface area contributed by atoms with Gasteiger partial charge in [0.1, 0.15) is 10.8 Å². The van der Waals surface area contributed by atoms with E-state index in [1.54, 1.807) is 13.8 Å². The fourth-order valence-electron chi connectivity index (χ4n) is 3.89. The second-order valence-electron chi connectivity index (χ2n) is 7.16. The number of hydrogen-bond acceptors (Lipinski definition) is 7. The van der Waals surface area contributed by atoms with Gasteiger partial charge in [-0.25, -0.2) is 4.79 Å². The highest BCUT2D eigenvalue weighted by atomic mass is 32.1. The van der Waals surface area contributed by atoms with Gasteiger partial charge in [0.25, 0.3) is 0 Å². The zero-order valence-corrected chi connectivity index (χ0v) is 17.2. The van der Waals surface area contributed by atoms with E-state index >= 15 is 0 Å². The van der Waals surface area contributed by atoms with Gasteiger partial charge in [0.15, 0.2) is 5.82 Å². The van der Waals surface area contributed by atoms with Crippen molar-refractivity contribution >= 4 is 34.1 Å². The lowest BCUT2D eigenvalue weighted by molar-refractivity contribution is -0.136. The summed E-state index contributed by atoms with van der Waals surface area (Å²) in [4.78, 5) is 38.4. The highest BCUT2D eigenvalue weighted by molar-refractivity contribution is 7.17. The van der Waals surface area contributed by atoms with E-state index in [1.807, 2.05) is 4.57 Å². The van der Waals surface area contributed by atoms with E-state index in [1.165, 1.54) is 11.3 Å². The predicted octanol–water partition coefficient (Wildman–Crippen LogP) is 1.77. The van der Waals surface area contributed by atoms with Gasteiger partial charge in [0, 0.05) is 17.8 Å². The number of fused-ring (bicyclic) bond motifs is 2. The van der Waals surface area contributed by atoms with Gasteiger partial charge in [-0.2, -0.15) is 0 Å². The highest BCUT2D eigenvalue weighted by Gasteiger charge is 2.30. The number of nitrogens with one attached hydrogen (secondary N) is 2. The fourth-order valence-corrected chi connectivity index (χ4v) is 5.16. The van der Waals surface area contributed by atoms with Crippen LogP contribution in [0.25, 0.3) is 0 Å². The van der Waals surface area contributed by atoms with Crippen molar-refractivity contribution < 1.29 is 19.1 Å². The Labute approximate surface area is 171 Å². The molecule has 154 valence electrons. The number of hydrogen-bond donors (Lipinski definition) is 2. The Morgan fingerprint density at radius 3 is 2.79 bits per heavy atom. The van der Waals surface area contributed by atoms with Crippen LogP contribution in [-0.2, 0) is 40.1 Å². The molecule has 1 unspecified atom stereocenters. The van der Waals surface area contributed by atoms with Crippen LogP contribution in [0.3, 0.4) is 0 Å². The van der Waals surface area contributed by atoms with E-state index in [0.29, 0.717) is 16.4 Å². The first-order valence-electron chi connectivity index (χ1n) is 9.85. The molecule has 2 aromatic heterocycles. The Kier molecular flexibility index (Phi) is 5.35. The highest BCUT2D eigenvalue weighted by Crippen LogP contribution is 2.39. The van der Waals surface area contributed by atoms with Gasteiger partial charge in [0.05, 0.1) is 18.2 Å². The lowest BCUT2D eigenvalue weighted by Gasteiger charge is -2.14. The molecule has 3 heterocycles. The molecule has 2 N–H and O–H groups in total. The Morgan fingerprint density at radius 2 is 2.00 bits per heavy atom. The summed E-state index contributed by atoms with van der Waals surface area (Å²) in [6, 6.07) is -0.453. The monoisotopic (exact) mass is 417 g/mol. The molecule has 0 saturated carbocycles. The maximum Gasteiger partial charge on any atom is 0.341 e. The van der Waals surface area contributed by atoms with E-state index in [9.17, 15) is 14.4 Å². The van der Waals surface area contributed by atoms with Crippen LogP contribution in [0.15, 0.2) is 0 Å². The van der Waals surface area contributed by atoms with Crippen LogP contribution in [0.1, 0.15) is 65.2 Å². The second-order valence-corrected chi connectivity index (χ2v) is 8.27. The van der Waals surface area contributed by atoms with E-state index in [4.69, 9.17) is 4.74 Å². The number of nitrogens with zero attached hydrogens (tertiary/aromatic N) is 3. The van der Waals surface area contributed by atoms with Crippen LogP contribution < -0.4 is 10.6 Å². The molecule has 0 aromatic carbocycles. The Bertz CT molecular complexity index is 980. The van der Waals surface area contributed by atoms with Crippen molar-refractivity contribution in [3.8, 4) is 0 Å². The maximum atomic E-state index is 12.5. The van der Waals surface area contributed by atoms with E-state index in [0.717, 1.165) is 54.9 Å². The Balaban J connectivity index is 1.46. The molecule has 4 rings (SSSR count). The summed E-state index contributed by atoms with van der Waals surface area (Å²) in [7, 11) is 0. The molecule has 1 aliphatic carbocycles. The lowest BCUT2D eigenvalue weighted by atomic mass is 10.1. The molecular weight excluding hydrogens is 394 g/mol. The third kappa shape index (κ3) is 3.64. The second kappa shape index (κ2) is 7.94. The maximum absolute atomic E-state index is 12.5. The SMILES string of the molecule is CCOC(=O)c1c(NC(=O)C(=O)NC(C)c2nnc3n2CCC3)sc2c1CCC2. The predicted molar refractivity (Wildman–Crippen MR) is 106 cm³/mol. The number of aromatic nitrogens is 3. The smallest absolute Gasteiger partial charge is 0.341 e. The fraction of sp³-hybridized carbons (Fsp3) is 0.526. The minimum atomic E-state index is -0.816. The minimum absolute atomic E-state index is 0.248. The molecule has 0 saturated heterocycles. The number of ether oxygens (including phenoxy) is 1. The molecule has 2 aromatic rings. The summed E-state index contributed by atoms with van der Waals surface area (Å²) in [5, 5.41) is 13.9.